The van der Waals surface area contributed by atoms with Crippen LogP contribution in [-0.4, -0.2) is 50.4 Å². The lowest BCUT2D eigenvalue weighted by molar-refractivity contribution is -0.121. The lowest BCUT2D eigenvalue weighted by Crippen LogP contribution is -2.30. The minimum absolute atomic E-state index is 0.150. The maximum Gasteiger partial charge on any atom is 0.233 e. The molecule has 1 amide bonds. The molecule has 7 heteroatoms. The second-order valence-corrected chi connectivity index (χ2v) is 6.68. The summed E-state index contributed by atoms with van der Waals surface area (Å²) in [4.78, 5) is 13.0. The van der Waals surface area contributed by atoms with Crippen molar-refractivity contribution in [2.24, 2.45) is 5.84 Å². The minimum Gasteiger partial charge on any atom is -0.302 e. The van der Waals surface area contributed by atoms with Crippen LogP contribution >= 0.6 is 0 Å². The number of rotatable bonds is 5. The number of nitrogens with one attached hydrogen (secondary N) is 1. The van der Waals surface area contributed by atoms with E-state index in [0.717, 1.165) is 25.9 Å². The first-order valence-corrected chi connectivity index (χ1v) is 7.78. The molecule has 0 aromatic carbocycles. The number of hydrogen-bond acceptors (Lipinski definition) is 5. The van der Waals surface area contributed by atoms with Gasteiger partial charge in [0.1, 0.15) is 0 Å². The largest absolute Gasteiger partial charge is 0.302 e. The van der Waals surface area contributed by atoms with E-state index in [1.54, 1.807) is 0 Å². The van der Waals surface area contributed by atoms with E-state index >= 15 is 0 Å². The van der Waals surface area contributed by atoms with Crippen LogP contribution in [0.4, 0.5) is 0 Å². The van der Waals surface area contributed by atoms with E-state index in [4.69, 9.17) is 5.84 Å². The summed E-state index contributed by atoms with van der Waals surface area (Å²) in [7, 11) is -2.82. The molecule has 1 heterocycles. The van der Waals surface area contributed by atoms with Crippen LogP contribution in [0.15, 0.2) is 0 Å². The second-order valence-electron chi connectivity index (χ2n) is 4.37. The Kier molecular flexibility index (Phi) is 5.87. The summed E-state index contributed by atoms with van der Waals surface area (Å²) >= 11 is 0. The lowest BCUT2D eigenvalue weighted by atomic mass is 10.2. The molecule has 1 rings (SSSR count). The molecule has 1 aliphatic heterocycles. The highest BCUT2D eigenvalue weighted by molar-refractivity contribution is 7.91. The summed E-state index contributed by atoms with van der Waals surface area (Å²) in [6.45, 7) is 2.31. The first kappa shape index (κ1) is 14.4. The molecular weight excluding hydrogens is 242 g/mol. The third-order valence-corrected chi connectivity index (χ3v) is 4.65. The van der Waals surface area contributed by atoms with E-state index in [1.165, 1.54) is 0 Å². The minimum atomic E-state index is -2.82. The Bertz CT molecular complexity index is 343. The quantitative estimate of drug-likeness (QED) is 0.295. The number of sulfone groups is 1. The van der Waals surface area contributed by atoms with Gasteiger partial charge in [-0.05, 0) is 32.4 Å². The van der Waals surface area contributed by atoms with Crippen LogP contribution in [0.1, 0.15) is 25.7 Å². The van der Waals surface area contributed by atoms with E-state index in [2.05, 4.69) is 10.3 Å². The predicted molar refractivity (Wildman–Crippen MR) is 65.9 cm³/mol. The molecule has 17 heavy (non-hydrogen) atoms. The third-order valence-electron chi connectivity index (χ3n) is 2.94. The average molecular weight is 263 g/mol. The van der Waals surface area contributed by atoms with Crippen molar-refractivity contribution >= 4 is 15.7 Å². The monoisotopic (exact) mass is 263 g/mol. The Morgan fingerprint density at radius 1 is 1.24 bits per heavy atom. The second kappa shape index (κ2) is 6.93. The van der Waals surface area contributed by atoms with Gasteiger partial charge in [-0.2, -0.15) is 0 Å². The van der Waals surface area contributed by atoms with Crippen molar-refractivity contribution in [3.05, 3.63) is 0 Å². The van der Waals surface area contributed by atoms with Crippen LogP contribution < -0.4 is 11.3 Å². The SMILES string of the molecule is NNC(=O)CCCCN1CCCS(=O)(=O)CC1. The van der Waals surface area contributed by atoms with Crippen LogP contribution in [0.2, 0.25) is 0 Å². The van der Waals surface area contributed by atoms with Gasteiger partial charge in [0, 0.05) is 13.0 Å². The first-order chi connectivity index (χ1) is 8.03. The fraction of sp³-hybridized carbons (Fsp3) is 0.900. The number of nitrogens with two attached hydrogens (primary N) is 1. The number of nitrogens with zero attached hydrogens (tertiary/aromatic N) is 1. The number of carbonyl (C=O) groups is 1. The molecule has 0 atom stereocenters. The van der Waals surface area contributed by atoms with Gasteiger partial charge in [-0.15, -0.1) is 0 Å². The molecule has 0 radical (unpaired) electrons. The summed E-state index contributed by atoms with van der Waals surface area (Å²) in [5.74, 6) is 5.39. The number of unbranched alkanes of at least 4 members (excludes halogenated alkanes) is 1. The maximum absolute atomic E-state index is 11.4. The van der Waals surface area contributed by atoms with Crippen LogP contribution in [0.25, 0.3) is 0 Å². The molecule has 100 valence electrons. The topological polar surface area (TPSA) is 92.5 Å². The van der Waals surface area contributed by atoms with E-state index in [1.807, 2.05) is 0 Å². The smallest absolute Gasteiger partial charge is 0.233 e. The van der Waals surface area contributed by atoms with Gasteiger partial charge in [0.25, 0.3) is 0 Å². The van der Waals surface area contributed by atoms with Gasteiger partial charge >= 0.3 is 0 Å². The molecule has 3 N–H and O–H groups in total. The summed E-state index contributed by atoms with van der Waals surface area (Å²) in [5.41, 5.74) is 2.09. The molecule has 0 aromatic rings. The maximum atomic E-state index is 11.4. The number of carbonyl (C=O) groups excluding carboxylic acids is 1. The fourth-order valence-electron chi connectivity index (χ4n) is 1.91. The summed E-state index contributed by atoms with van der Waals surface area (Å²) in [5, 5.41) is 0. The van der Waals surface area contributed by atoms with Gasteiger partial charge in [0.2, 0.25) is 5.91 Å². The Morgan fingerprint density at radius 3 is 2.71 bits per heavy atom. The molecular formula is C10H21N3O3S. The highest BCUT2D eigenvalue weighted by atomic mass is 32.2. The van der Waals surface area contributed by atoms with E-state index in [0.29, 0.717) is 25.1 Å². The average Bonchev–Trinajstić information content (AvgIpc) is 2.46. The van der Waals surface area contributed by atoms with Crippen molar-refractivity contribution < 1.29 is 13.2 Å². The summed E-state index contributed by atoms with van der Waals surface area (Å²) < 4.78 is 22.8. The number of hydrogen-bond donors (Lipinski definition) is 2. The van der Waals surface area contributed by atoms with Gasteiger partial charge < -0.3 is 4.90 Å². The van der Waals surface area contributed by atoms with E-state index in [-0.39, 0.29) is 11.7 Å². The van der Waals surface area contributed by atoms with Gasteiger partial charge in [-0.25, -0.2) is 14.3 Å². The third kappa shape index (κ3) is 5.99. The fourth-order valence-corrected chi connectivity index (χ4v) is 3.22. The Balaban J connectivity index is 2.17. The zero-order valence-corrected chi connectivity index (χ0v) is 10.8. The van der Waals surface area contributed by atoms with Crippen molar-refractivity contribution in [1.29, 1.82) is 0 Å². The number of amides is 1. The van der Waals surface area contributed by atoms with Crippen LogP contribution in [-0.2, 0) is 14.6 Å². The molecule has 1 saturated heterocycles. The molecule has 1 aliphatic rings. The molecule has 0 unspecified atom stereocenters. The van der Waals surface area contributed by atoms with Gasteiger partial charge in [0.15, 0.2) is 9.84 Å². The van der Waals surface area contributed by atoms with Crippen molar-refractivity contribution in [3.63, 3.8) is 0 Å². The molecule has 0 bridgehead atoms. The highest BCUT2D eigenvalue weighted by Gasteiger charge is 2.18. The van der Waals surface area contributed by atoms with Crippen LogP contribution in [0, 0.1) is 0 Å². The lowest BCUT2D eigenvalue weighted by Gasteiger charge is -2.18. The van der Waals surface area contributed by atoms with Crippen molar-refractivity contribution in [2.45, 2.75) is 25.7 Å². The zero-order valence-electron chi connectivity index (χ0n) is 10.0. The summed E-state index contributed by atoms with van der Waals surface area (Å²) in [6, 6.07) is 0. The standard InChI is InChI=1S/C10H21N3O3S/c11-12-10(14)4-1-2-5-13-6-3-8-17(15,16)9-7-13/h1-9,11H2,(H,12,14). The first-order valence-electron chi connectivity index (χ1n) is 5.96. The normalized spacial score (nSPS) is 20.8. The zero-order chi connectivity index (χ0) is 12.7. The van der Waals surface area contributed by atoms with E-state index < -0.39 is 9.84 Å². The van der Waals surface area contributed by atoms with Crippen molar-refractivity contribution in [3.8, 4) is 0 Å². The molecule has 0 aromatic heterocycles. The van der Waals surface area contributed by atoms with Gasteiger partial charge in [0.05, 0.1) is 11.5 Å². The Morgan fingerprint density at radius 2 is 2.00 bits per heavy atom. The summed E-state index contributed by atoms with van der Waals surface area (Å²) in [6.07, 6.45) is 2.83. The Labute approximate surface area is 102 Å². The van der Waals surface area contributed by atoms with Gasteiger partial charge in [-0.3, -0.25) is 10.2 Å². The number of hydrazine groups is 1. The highest BCUT2D eigenvalue weighted by Crippen LogP contribution is 2.06. The molecule has 0 spiro atoms. The van der Waals surface area contributed by atoms with Crippen LogP contribution in [0.3, 0.4) is 0 Å². The molecule has 0 aliphatic carbocycles. The van der Waals surface area contributed by atoms with E-state index in [9.17, 15) is 13.2 Å². The molecule has 1 fully saturated rings. The Hall–Kier alpha value is -0.660. The van der Waals surface area contributed by atoms with Gasteiger partial charge in [-0.1, -0.05) is 0 Å². The molecule has 6 nitrogen and oxygen atoms in total. The molecule has 0 saturated carbocycles. The van der Waals surface area contributed by atoms with Crippen molar-refractivity contribution in [1.82, 2.24) is 10.3 Å². The van der Waals surface area contributed by atoms with Crippen molar-refractivity contribution in [2.75, 3.05) is 31.1 Å². The predicted octanol–water partition coefficient (Wildman–Crippen LogP) is -0.733. The van der Waals surface area contributed by atoms with Crippen LogP contribution in [0.5, 0.6) is 0 Å².